The molecule has 0 unspecified atom stereocenters. The molecule has 0 aliphatic carbocycles. The number of hydrogen-bond acceptors (Lipinski definition) is 2. The number of unbranched alkanes of at least 4 members (excludes halogenated alkanes) is 2. The summed E-state index contributed by atoms with van der Waals surface area (Å²) in [6.45, 7) is 0.480. The third-order valence-corrected chi connectivity index (χ3v) is 0.904. The van der Waals surface area contributed by atoms with E-state index in [4.69, 9.17) is 0 Å². The van der Waals surface area contributed by atoms with Crippen LogP contribution in [0.1, 0.15) is 19.3 Å². The van der Waals surface area contributed by atoms with Gasteiger partial charge >= 0.3 is 0 Å². The van der Waals surface area contributed by atoms with Crippen molar-refractivity contribution < 1.29 is 9.31 Å². The van der Waals surface area contributed by atoms with Gasteiger partial charge < -0.3 is 0 Å². The Morgan fingerprint density at radius 1 is 1.56 bits per heavy atom. The molecule has 0 spiro atoms. The second-order valence-electron chi connectivity index (χ2n) is 1.71. The standard InChI is InChI=1S/C5H9FNO2/c6-4-2-1-3-5-7(8)9/h4H,1-3,5H2. The minimum absolute atomic E-state index is 0.0478. The van der Waals surface area contributed by atoms with Crippen molar-refractivity contribution in [1.82, 2.24) is 0 Å². The Bertz CT molecular complexity index is 87.0. The molecule has 0 aliphatic rings. The molecular formula is C5H9FNO2. The highest BCUT2D eigenvalue weighted by molar-refractivity contribution is 4.47. The molecule has 0 N–H and O–H groups in total. The van der Waals surface area contributed by atoms with Crippen molar-refractivity contribution in [3.8, 4) is 0 Å². The molecule has 4 heteroatoms. The van der Waals surface area contributed by atoms with E-state index in [-0.39, 0.29) is 6.54 Å². The average molecular weight is 134 g/mol. The predicted molar refractivity (Wildman–Crippen MR) is 31.1 cm³/mol. The molecule has 0 bridgehead atoms. The van der Waals surface area contributed by atoms with Gasteiger partial charge in [0.25, 0.3) is 0 Å². The van der Waals surface area contributed by atoms with Crippen molar-refractivity contribution in [3.05, 3.63) is 16.8 Å². The van der Waals surface area contributed by atoms with Crippen LogP contribution >= 0.6 is 0 Å². The lowest BCUT2D eigenvalue weighted by molar-refractivity contribution is -0.480. The van der Waals surface area contributed by atoms with E-state index in [0.717, 1.165) is 0 Å². The molecule has 9 heavy (non-hydrogen) atoms. The van der Waals surface area contributed by atoms with Crippen LogP contribution < -0.4 is 0 Å². The fourth-order valence-electron chi connectivity index (χ4n) is 0.462. The van der Waals surface area contributed by atoms with Crippen LogP contribution in [0.2, 0.25) is 0 Å². The molecule has 0 aromatic rings. The number of hydrogen-bond donors (Lipinski definition) is 0. The Morgan fingerprint density at radius 2 is 2.22 bits per heavy atom. The van der Waals surface area contributed by atoms with Gasteiger partial charge in [0.15, 0.2) is 0 Å². The van der Waals surface area contributed by atoms with Gasteiger partial charge in [-0.05, 0) is 12.8 Å². The Labute approximate surface area is 53.0 Å². The van der Waals surface area contributed by atoms with Crippen molar-refractivity contribution in [1.29, 1.82) is 0 Å². The van der Waals surface area contributed by atoms with E-state index >= 15 is 0 Å². The highest BCUT2D eigenvalue weighted by Gasteiger charge is 1.95. The number of rotatable bonds is 5. The second kappa shape index (κ2) is 5.47. The monoisotopic (exact) mass is 134 g/mol. The molecule has 0 aromatic carbocycles. The first-order chi connectivity index (χ1) is 4.27. The lowest BCUT2D eigenvalue weighted by Gasteiger charge is -1.90. The van der Waals surface area contributed by atoms with E-state index in [1.54, 1.807) is 0 Å². The first-order valence-corrected chi connectivity index (χ1v) is 2.81. The van der Waals surface area contributed by atoms with Gasteiger partial charge in [0, 0.05) is 11.3 Å². The number of nitro groups is 1. The molecular weight excluding hydrogens is 125 g/mol. The summed E-state index contributed by atoms with van der Waals surface area (Å²) in [7, 11) is 0. The van der Waals surface area contributed by atoms with Gasteiger partial charge in [-0.15, -0.1) is 0 Å². The minimum atomic E-state index is -0.391. The van der Waals surface area contributed by atoms with Gasteiger partial charge in [-0.1, -0.05) is 0 Å². The topological polar surface area (TPSA) is 43.1 Å². The van der Waals surface area contributed by atoms with Gasteiger partial charge in [0.05, 0.1) is 0 Å². The molecule has 0 fully saturated rings. The van der Waals surface area contributed by atoms with Crippen LogP contribution in [0.25, 0.3) is 0 Å². The Morgan fingerprint density at radius 3 is 2.67 bits per heavy atom. The molecule has 0 saturated carbocycles. The van der Waals surface area contributed by atoms with E-state index in [1.807, 2.05) is 0 Å². The first-order valence-electron chi connectivity index (χ1n) is 2.81. The summed E-state index contributed by atoms with van der Waals surface area (Å²) >= 11 is 0. The molecule has 0 rings (SSSR count). The summed E-state index contributed by atoms with van der Waals surface area (Å²) in [4.78, 5) is 9.27. The summed E-state index contributed by atoms with van der Waals surface area (Å²) in [5.74, 6) is 0. The summed E-state index contributed by atoms with van der Waals surface area (Å²) in [5, 5.41) is 9.66. The van der Waals surface area contributed by atoms with E-state index in [9.17, 15) is 14.5 Å². The minimum Gasteiger partial charge on any atom is -0.265 e. The molecule has 0 heterocycles. The molecule has 0 atom stereocenters. The van der Waals surface area contributed by atoms with Crippen LogP contribution in [-0.2, 0) is 0 Å². The quantitative estimate of drug-likeness (QED) is 0.325. The smallest absolute Gasteiger partial charge is 0.203 e. The van der Waals surface area contributed by atoms with Crippen LogP contribution in [-0.4, -0.2) is 11.5 Å². The van der Waals surface area contributed by atoms with Crippen LogP contribution in [0.4, 0.5) is 4.39 Å². The number of halogens is 1. The molecule has 0 aromatic heterocycles. The van der Waals surface area contributed by atoms with E-state index < -0.39 is 4.92 Å². The van der Waals surface area contributed by atoms with Crippen LogP contribution in [0, 0.1) is 16.8 Å². The van der Waals surface area contributed by atoms with Crippen molar-refractivity contribution in [2.24, 2.45) is 0 Å². The van der Waals surface area contributed by atoms with Crippen LogP contribution in [0.3, 0.4) is 0 Å². The maximum absolute atomic E-state index is 11.2. The third kappa shape index (κ3) is 7.33. The average Bonchev–Trinajstić information content (AvgIpc) is 1.80. The van der Waals surface area contributed by atoms with Gasteiger partial charge in [0.2, 0.25) is 6.54 Å². The normalized spacial score (nSPS) is 9.44. The van der Waals surface area contributed by atoms with Crippen molar-refractivity contribution in [2.75, 3.05) is 6.54 Å². The Kier molecular flexibility index (Phi) is 5.06. The van der Waals surface area contributed by atoms with Crippen molar-refractivity contribution in [2.45, 2.75) is 19.3 Å². The SMILES string of the molecule is O=[N+]([O-])CCCC[CH]F. The largest absolute Gasteiger partial charge is 0.265 e. The van der Waals surface area contributed by atoms with Crippen molar-refractivity contribution >= 4 is 0 Å². The summed E-state index contributed by atoms with van der Waals surface area (Å²) in [6.07, 6.45) is 1.36. The van der Waals surface area contributed by atoms with Crippen LogP contribution in [0.15, 0.2) is 0 Å². The van der Waals surface area contributed by atoms with Gasteiger partial charge in [0.1, 0.15) is 6.67 Å². The lowest BCUT2D eigenvalue weighted by Crippen LogP contribution is -1.99. The first kappa shape index (κ1) is 8.33. The van der Waals surface area contributed by atoms with Gasteiger partial charge in [-0.3, -0.25) is 10.1 Å². The third-order valence-electron chi connectivity index (χ3n) is 0.904. The lowest BCUT2D eigenvalue weighted by atomic mass is 10.2. The summed E-state index contributed by atoms with van der Waals surface area (Å²) in [6, 6.07) is 0. The van der Waals surface area contributed by atoms with E-state index in [2.05, 4.69) is 0 Å². The zero-order valence-electron chi connectivity index (χ0n) is 5.05. The summed E-state index contributed by atoms with van der Waals surface area (Å²) in [5.41, 5.74) is 0. The molecule has 1 radical (unpaired) electrons. The Hall–Kier alpha value is -0.670. The molecule has 3 nitrogen and oxygen atoms in total. The predicted octanol–water partition coefficient (Wildman–Crippen LogP) is 1.56. The van der Waals surface area contributed by atoms with Crippen LogP contribution in [0.5, 0.6) is 0 Å². The zero-order valence-corrected chi connectivity index (χ0v) is 5.05. The summed E-state index contributed by atoms with van der Waals surface area (Å²) < 4.78 is 11.2. The Balaban J connectivity index is 2.83. The fraction of sp³-hybridized carbons (Fsp3) is 0.800. The zero-order chi connectivity index (χ0) is 7.11. The molecule has 0 amide bonds. The maximum atomic E-state index is 11.2. The molecule has 0 saturated heterocycles. The van der Waals surface area contributed by atoms with Gasteiger partial charge in [-0.2, -0.15) is 0 Å². The molecule has 0 aliphatic heterocycles. The molecule has 53 valence electrons. The van der Waals surface area contributed by atoms with E-state index in [1.165, 1.54) is 0 Å². The van der Waals surface area contributed by atoms with E-state index in [0.29, 0.717) is 25.9 Å². The van der Waals surface area contributed by atoms with Crippen molar-refractivity contribution in [3.63, 3.8) is 0 Å². The highest BCUT2D eigenvalue weighted by atomic mass is 19.1. The fourth-order valence-corrected chi connectivity index (χ4v) is 0.462. The highest BCUT2D eigenvalue weighted by Crippen LogP contribution is 1.98. The number of nitrogens with zero attached hydrogens (tertiary/aromatic N) is 1. The second-order valence-corrected chi connectivity index (χ2v) is 1.71. The maximum Gasteiger partial charge on any atom is 0.203 e. The van der Waals surface area contributed by atoms with Gasteiger partial charge in [-0.25, -0.2) is 4.39 Å².